The fraction of sp³-hybridized carbons (Fsp3) is 0.605. The highest BCUT2D eigenvalue weighted by atomic mass is 16.8. The number of ketones is 1. The minimum atomic E-state index is -3.06. The molecule has 1 amide bonds. The van der Waals surface area contributed by atoms with Gasteiger partial charge in [0.1, 0.15) is 72.9 Å². The smallest absolute Gasteiger partial charge is 0.364 e. The summed E-state index contributed by atoms with van der Waals surface area (Å²) in [5.74, 6) is -5.62. The lowest BCUT2D eigenvalue weighted by molar-refractivity contribution is -0.381. The van der Waals surface area contributed by atoms with Gasteiger partial charge in [0.05, 0.1) is 45.2 Å². The lowest BCUT2D eigenvalue weighted by Crippen LogP contribution is -2.70. The molecule has 0 aromatic heterocycles. The molecule has 0 bridgehead atoms. The SMILES string of the molecule is COc1ccc2cc(/C=C/C(=O)C[C@@H]3O[C@H](CO)[C@@H](O[C@@H]4O[C@H](CO)[C@H](O)[C@H](O[C@]5(C(=O)O)C[C@H](O)[C@@H](NC(C)=O)[C@H]([C@H](O)[C@H](O)CO)O5)[C@H]4O)[C@H](O)[C@H]3O)ccc2c1. The zero-order chi connectivity index (χ0) is 43.3. The van der Waals surface area contributed by atoms with Gasteiger partial charge in [0.15, 0.2) is 12.1 Å². The van der Waals surface area contributed by atoms with Crippen molar-refractivity contribution in [3.8, 4) is 5.75 Å². The fourth-order valence-corrected chi connectivity index (χ4v) is 7.36. The summed E-state index contributed by atoms with van der Waals surface area (Å²) >= 11 is 0. The van der Waals surface area contributed by atoms with Gasteiger partial charge in [-0.1, -0.05) is 24.3 Å². The van der Waals surface area contributed by atoms with E-state index in [1.165, 1.54) is 6.08 Å². The minimum absolute atomic E-state index is 0.448. The molecule has 0 aliphatic carbocycles. The third-order valence-electron chi connectivity index (χ3n) is 10.5. The Morgan fingerprint density at radius 2 is 1.56 bits per heavy atom. The third-order valence-corrected chi connectivity index (χ3v) is 10.5. The normalized spacial score (nSPS) is 36.2. The van der Waals surface area contributed by atoms with Gasteiger partial charge in [-0.2, -0.15) is 0 Å². The zero-order valence-electron chi connectivity index (χ0n) is 31.9. The molecule has 3 fully saturated rings. The summed E-state index contributed by atoms with van der Waals surface area (Å²) in [5.41, 5.74) is 0.690. The van der Waals surface area contributed by atoms with Gasteiger partial charge in [-0.15, -0.1) is 0 Å². The monoisotopic (exact) mass is 841 g/mol. The maximum absolute atomic E-state index is 13.0. The van der Waals surface area contributed by atoms with Crippen LogP contribution in [0.3, 0.4) is 0 Å². The average Bonchev–Trinajstić information content (AvgIpc) is 3.21. The first-order chi connectivity index (χ1) is 28.0. The lowest BCUT2D eigenvalue weighted by Gasteiger charge is -2.50. The Kier molecular flexibility index (Phi) is 15.5. The number of fused-ring (bicyclic) bond motifs is 1. The first-order valence-corrected chi connectivity index (χ1v) is 18.7. The van der Waals surface area contributed by atoms with Crippen molar-refractivity contribution in [2.24, 2.45) is 0 Å². The van der Waals surface area contributed by atoms with Crippen LogP contribution in [0.1, 0.15) is 25.3 Å². The molecule has 0 radical (unpaired) electrons. The Morgan fingerprint density at radius 1 is 0.881 bits per heavy atom. The first kappa shape index (κ1) is 46.3. The van der Waals surface area contributed by atoms with Crippen LogP contribution in [0.25, 0.3) is 16.8 Å². The minimum Gasteiger partial charge on any atom is -0.497 e. The van der Waals surface area contributed by atoms with E-state index in [2.05, 4.69) is 5.32 Å². The molecule has 0 spiro atoms. The molecule has 3 aliphatic heterocycles. The van der Waals surface area contributed by atoms with Crippen molar-refractivity contribution >= 4 is 34.5 Å². The molecule has 16 atom stereocenters. The molecule has 2 aromatic carbocycles. The summed E-state index contributed by atoms with van der Waals surface area (Å²) in [7, 11) is 1.56. The number of carboxylic acids is 1. The highest BCUT2D eigenvalue weighted by molar-refractivity contribution is 5.95. The number of carbonyl (C=O) groups excluding carboxylic acids is 2. The van der Waals surface area contributed by atoms with E-state index >= 15 is 0 Å². The number of rotatable bonds is 16. The number of carboxylic acid groups (broad SMARTS) is 1. The van der Waals surface area contributed by atoms with E-state index in [4.69, 9.17) is 28.4 Å². The number of benzene rings is 2. The number of carbonyl (C=O) groups is 3. The van der Waals surface area contributed by atoms with E-state index in [1.54, 1.807) is 25.3 Å². The molecule has 5 rings (SSSR count). The molecule has 3 heterocycles. The molecular weight excluding hydrogens is 790 g/mol. The largest absolute Gasteiger partial charge is 0.497 e. The van der Waals surface area contributed by atoms with Crippen molar-refractivity contribution < 1.29 is 99.0 Å². The standard InChI is InChI=1S/C38H51NO20/c1-16(43)39-27-22(45)12-38(37(52)53,58-34(27)28(47)23(46)13-40)59-35-30(49)25(14-41)56-36(32(35)51)57-33-26(15-42)55-24(29(48)31(33)50)11-20(44)7-4-17-3-5-19-10-21(54-2)8-6-18(19)9-17/h3-10,22-36,40-42,45-51H,11-15H2,1-2H3,(H,39,43)(H,52,53)/b7-4+/t22-,23+,24-,25+,26+,27+,28+,29-,30-,31+,32+,33+,34+,35-,36-,38-/m0/s1. The number of amides is 1. The number of methoxy groups -OCH3 is 1. The van der Waals surface area contributed by atoms with Crippen LogP contribution in [-0.2, 0) is 38.1 Å². The average molecular weight is 842 g/mol. The molecule has 12 N–H and O–H groups in total. The van der Waals surface area contributed by atoms with Crippen LogP contribution in [-0.4, -0.2) is 198 Å². The number of hydrogen-bond donors (Lipinski definition) is 12. The predicted octanol–water partition coefficient (Wildman–Crippen LogP) is -4.34. The van der Waals surface area contributed by atoms with Gasteiger partial charge in [0.2, 0.25) is 5.91 Å². The van der Waals surface area contributed by atoms with Crippen LogP contribution < -0.4 is 10.1 Å². The predicted molar refractivity (Wildman–Crippen MR) is 197 cm³/mol. The van der Waals surface area contributed by atoms with E-state index in [9.17, 15) is 70.6 Å². The number of allylic oxidation sites excluding steroid dienone is 1. The number of aliphatic hydroxyl groups excluding tert-OH is 10. The summed E-state index contributed by atoms with van der Waals surface area (Å²) in [6.07, 6.45) is -25.1. The number of ether oxygens (including phenoxy) is 6. The second kappa shape index (κ2) is 19.8. The van der Waals surface area contributed by atoms with E-state index in [0.29, 0.717) is 11.3 Å². The molecule has 59 heavy (non-hydrogen) atoms. The van der Waals surface area contributed by atoms with Gasteiger partial charge in [0, 0.05) is 19.8 Å². The van der Waals surface area contributed by atoms with Gasteiger partial charge in [-0.25, -0.2) is 4.79 Å². The van der Waals surface area contributed by atoms with E-state index in [1.807, 2.05) is 24.3 Å². The Hall–Kier alpha value is -3.75. The highest BCUT2D eigenvalue weighted by Gasteiger charge is 2.60. The fourth-order valence-electron chi connectivity index (χ4n) is 7.36. The number of nitrogens with one attached hydrogen (secondary N) is 1. The first-order valence-electron chi connectivity index (χ1n) is 18.7. The quantitative estimate of drug-likeness (QED) is 0.0711. The molecule has 3 saturated heterocycles. The summed E-state index contributed by atoms with van der Waals surface area (Å²) in [4.78, 5) is 37.7. The topological polar surface area (TPSA) is 341 Å². The maximum atomic E-state index is 13.0. The molecule has 328 valence electrons. The summed E-state index contributed by atoms with van der Waals surface area (Å²) in [6.45, 7) is -1.88. The molecule has 21 nitrogen and oxygen atoms in total. The van der Waals surface area contributed by atoms with Crippen LogP contribution >= 0.6 is 0 Å². The number of aliphatic hydroxyl groups is 10. The van der Waals surface area contributed by atoms with E-state index in [0.717, 1.165) is 17.7 Å². The van der Waals surface area contributed by atoms with Crippen LogP contribution in [0.15, 0.2) is 42.5 Å². The Bertz CT molecular complexity index is 1790. The van der Waals surface area contributed by atoms with Crippen LogP contribution in [0.5, 0.6) is 5.75 Å². The van der Waals surface area contributed by atoms with Gasteiger partial charge >= 0.3 is 5.97 Å². The van der Waals surface area contributed by atoms with Gasteiger partial charge in [0.25, 0.3) is 5.79 Å². The number of aliphatic carboxylic acids is 1. The Morgan fingerprint density at radius 3 is 2.19 bits per heavy atom. The van der Waals surface area contributed by atoms with Crippen molar-refractivity contribution in [1.82, 2.24) is 5.32 Å². The molecule has 2 aromatic rings. The van der Waals surface area contributed by atoms with Crippen molar-refractivity contribution in [3.05, 3.63) is 48.0 Å². The van der Waals surface area contributed by atoms with Gasteiger partial charge < -0.3 is 89.9 Å². The van der Waals surface area contributed by atoms with Crippen LogP contribution in [0.2, 0.25) is 0 Å². The van der Waals surface area contributed by atoms with Gasteiger partial charge in [-0.3, -0.25) is 9.59 Å². The molecule has 21 heteroatoms. The van der Waals surface area contributed by atoms with Crippen molar-refractivity contribution in [1.29, 1.82) is 0 Å². The van der Waals surface area contributed by atoms with Crippen molar-refractivity contribution in [2.45, 2.75) is 117 Å². The number of hydrogen-bond acceptors (Lipinski definition) is 19. The molecule has 0 unspecified atom stereocenters. The van der Waals surface area contributed by atoms with Crippen molar-refractivity contribution in [2.75, 3.05) is 26.9 Å². The second-order valence-corrected chi connectivity index (χ2v) is 14.6. The van der Waals surface area contributed by atoms with Crippen LogP contribution in [0, 0.1) is 0 Å². The van der Waals surface area contributed by atoms with E-state index < -0.39 is 148 Å². The molecular formula is C38H51NO20. The molecule has 3 aliphatic rings. The maximum Gasteiger partial charge on any atom is 0.364 e. The summed E-state index contributed by atoms with van der Waals surface area (Å²) < 4.78 is 33.5. The summed E-state index contributed by atoms with van der Waals surface area (Å²) in [6, 6.07) is 9.41. The third kappa shape index (κ3) is 10.2. The zero-order valence-corrected chi connectivity index (χ0v) is 31.9. The van der Waals surface area contributed by atoms with E-state index in [-0.39, 0.29) is 0 Å². The molecule has 0 saturated carbocycles. The second-order valence-electron chi connectivity index (χ2n) is 14.6. The Labute approximate surface area is 336 Å². The van der Waals surface area contributed by atoms with Crippen molar-refractivity contribution in [3.63, 3.8) is 0 Å². The summed E-state index contributed by atoms with van der Waals surface area (Å²) in [5, 5.41) is 121. The lowest BCUT2D eigenvalue weighted by atomic mass is 9.88. The van der Waals surface area contributed by atoms with Crippen LogP contribution in [0.4, 0.5) is 0 Å². The van der Waals surface area contributed by atoms with Gasteiger partial charge in [-0.05, 0) is 40.6 Å². The highest BCUT2D eigenvalue weighted by Crippen LogP contribution is 2.38. The Balaban J connectivity index is 1.31.